The topological polar surface area (TPSA) is 65.1 Å². The maximum absolute atomic E-state index is 5.85. The molecule has 1 saturated heterocycles. The predicted octanol–water partition coefficient (Wildman–Crippen LogP) is 2.04. The number of thioether (sulfide) groups is 2. The third-order valence-corrected chi connectivity index (χ3v) is 7.28. The normalized spacial score (nSPS) is 28.4. The van der Waals surface area contributed by atoms with Crippen LogP contribution in [0.1, 0.15) is 32.5 Å². The van der Waals surface area contributed by atoms with Crippen LogP contribution in [0.4, 0.5) is 0 Å². The summed E-state index contributed by atoms with van der Waals surface area (Å²) in [7, 11) is 1.68. The predicted molar refractivity (Wildman–Crippen MR) is 87.3 cm³/mol. The molecule has 1 fully saturated rings. The molecule has 5 nitrogen and oxygen atoms in total. The van der Waals surface area contributed by atoms with Crippen LogP contribution in [-0.2, 0) is 6.54 Å². The van der Waals surface area contributed by atoms with Crippen LogP contribution >= 0.6 is 23.5 Å². The third kappa shape index (κ3) is 3.10. The minimum atomic E-state index is 0.0554. The lowest BCUT2D eigenvalue weighted by atomic mass is 10.1. The molecule has 2 rings (SSSR count). The molecule has 1 aromatic heterocycles. The minimum absolute atomic E-state index is 0.0554. The summed E-state index contributed by atoms with van der Waals surface area (Å²) in [6.45, 7) is 7.47. The molecule has 0 saturated carbocycles. The highest BCUT2D eigenvalue weighted by Crippen LogP contribution is 2.42. The minimum Gasteiger partial charge on any atom is -0.493 e. The highest BCUT2D eigenvalue weighted by atomic mass is 32.2. The van der Waals surface area contributed by atoms with E-state index in [0.29, 0.717) is 15.7 Å². The first-order valence-electron chi connectivity index (χ1n) is 6.95. The van der Waals surface area contributed by atoms with E-state index in [1.807, 2.05) is 28.2 Å². The summed E-state index contributed by atoms with van der Waals surface area (Å²) in [5.74, 6) is 7.75. The van der Waals surface area contributed by atoms with Crippen molar-refractivity contribution >= 4 is 23.5 Å². The van der Waals surface area contributed by atoms with Gasteiger partial charge in [-0.15, -0.1) is 0 Å². The fraction of sp³-hybridized carbons (Fsp3) is 0.769. The van der Waals surface area contributed by atoms with E-state index >= 15 is 0 Å². The Bertz CT molecular complexity index is 419. The second-order valence-electron chi connectivity index (χ2n) is 4.98. The molecule has 1 aliphatic heterocycles. The maximum Gasteiger partial charge on any atom is 0.161 e. The highest BCUT2D eigenvalue weighted by molar-refractivity contribution is 8.07. The number of ether oxygens (including phenoxy) is 1. The lowest BCUT2D eigenvalue weighted by Crippen LogP contribution is -2.41. The molecule has 1 aromatic rings. The number of hydrogen-bond donors (Lipinski definition) is 2. The van der Waals surface area contributed by atoms with Crippen LogP contribution in [0.25, 0.3) is 0 Å². The van der Waals surface area contributed by atoms with Gasteiger partial charge in [-0.05, 0) is 6.92 Å². The Hall–Kier alpha value is -0.370. The summed E-state index contributed by atoms with van der Waals surface area (Å²) >= 11 is 4.02. The number of rotatable bonds is 5. The van der Waals surface area contributed by atoms with Gasteiger partial charge in [0.05, 0.1) is 25.0 Å². The van der Waals surface area contributed by atoms with E-state index in [1.165, 1.54) is 0 Å². The Morgan fingerprint density at radius 3 is 2.85 bits per heavy atom. The molecule has 0 aromatic carbocycles. The smallest absolute Gasteiger partial charge is 0.161 e. The molecule has 1 aliphatic rings. The zero-order valence-electron chi connectivity index (χ0n) is 12.5. The van der Waals surface area contributed by atoms with E-state index in [2.05, 4.69) is 31.3 Å². The van der Waals surface area contributed by atoms with Crippen molar-refractivity contribution in [3.05, 3.63) is 11.9 Å². The molecule has 114 valence electrons. The van der Waals surface area contributed by atoms with Gasteiger partial charge in [0, 0.05) is 28.0 Å². The second-order valence-corrected chi connectivity index (χ2v) is 8.01. The van der Waals surface area contributed by atoms with E-state index in [4.69, 9.17) is 10.6 Å². The zero-order valence-corrected chi connectivity index (χ0v) is 14.1. The average Bonchev–Trinajstić information content (AvgIpc) is 2.86. The quantitative estimate of drug-likeness (QED) is 0.640. The standard InChI is InChI=1S/C13H24N4OS2/c1-5-17-13(10(18-4)6-15-17)12(16-14)11-7-19-8(2)9(3)20-11/h6,8-9,11-12,16H,5,7,14H2,1-4H3. The van der Waals surface area contributed by atoms with E-state index < -0.39 is 0 Å². The average molecular weight is 316 g/mol. The van der Waals surface area contributed by atoms with Gasteiger partial charge in [0.25, 0.3) is 0 Å². The van der Waals surface area contributed by atoms with E-state index in [9.17, 15) is 0 Å². The van der Waals surface area contributed by atoms with E-state index in [-0.39, 0.29) is 6.04 Å². The summed E-state index contributed by atoms with van der Waals surface area (Å²) in [4.78, 5) is 0. The molecule has 7 heteroatoms. The van der Waals surface area contributed by atoms with Gasteiger partial charge in [0.1, 0.15) is 0 Å². The summed E-state index contributed by atoms with van der Waals surface area (Å²) in [5.41, 5.74) is 4.04. The van der Waals surface area contributed by atoms with Crippen LogP contribution in [0.15, 0.2) is 6.20 Å². The molecule has 0 spiro atoms. The molecule has 3 N–H and O–H groups in total. The van der Waals surface area contributed by atoms with Gasteiger partial charge in [-0.3, -0.25) is 16.0 Å². The third-order valence-electron chi connectivity index (χ3n) is 3.78. The Morgan fingerprint density at radius 1 is 1.55 bits per heavy atom. The Kier molecular flexibility index (Phi) is 5.65. The van der Waals surface area contributed by atoms with Crippen molar-refractivity contribution in [1.29, 1.82) is 0 Å². The van der Waals surface area contributed by atoms with Crippen molar-refractivity contribution in [2.75, 3.05) is 12.9 Å². The number of methoxy groups -OCH3 is 1. The molecule has 0 aliphatic carbocycles. The Balaban J connectivity index is 2.26. The second kappa shape index (κ2) is 7.06. The summed E-state index contributed by atoms with van der Waals surface area (Å²) in [6.07, 6.45) is 1.77. The zero-order chi connectivity index (χ0) is 14.7. The van der Waals surface area contributed by atoms with Gasteiger partial charge in [0.15, 0.2) is 5.75 Å². The van der Waals surface area contributed by atoms with Gasteiger partial charge in [0.2, 0.25) is 0 Å². The van der Waals surface area contributed by atoms with Crippen molar-refractivity contribution in [3.8, 4) is 5.75 Å². The van der Waals surface area contributed by atoms with Crippen molar-refractivity contribution in [1.82, 2.24) is 15.2 Å². The lowest BCUT2D eigenvalue weighted by Gasteiger charge is -2.35. The first kappa shape index (κ1) is 16.0. The molecule has 4 unspecified atom stereocenters. The summed E-state index contributed by atoms with van der Waals surface area (Å²) < 4.78 is 7.42. The molecule has 20 heavy (non-hydrogen) atoms. The number of hydrazine groups is 1. The molecule has 0 radical (unpaired) electrons. The van der Waals surface area contributed by atoms with Gasteiger partial charge in [-0.25, -0.2) is 0 Å². The van der Waals surface area contributed by atoms with Crippen LogP contribution in [0.5, 0.6) is 5.75 Å². The van der Waals surface area contributed by atoms with Crippen LogP contribution in [-0.4, -0.2) is 38.4 Å². The van der Waals surface area contributed by atoms with Crippen LogP contribution in [0.2, 0.25) is 0 Å². The molecule has 2 heterocycles. The highest BCUT2D eigenvalue weighted by Gasteiger charge is 2.34. The number of nitrogens with two attached hydrogens (primary N) is 1. The largest absolute Gasteiger partial charge is 0.493 e. The molecular weight excluding hydrogens is 292 g/mol. The fourth-order valence-corrected chi connectivity index (χ4v) is 5.52. The molecule has 0 bridgehead atoms. The van der Waals surface area contributed by atoms with Crippen molar-refractivity contribution in [2.45, 2.75) is 49.1 Å². The summed E-state index contributed by atoms with van der Waals surface area (Å²) in [5, 5.41) is 6.12. The molecule has 4 atom stereocenters. The number of nitrogens with one attached hydrogen (secondary N) is 1. The van der Waals surface area contributed by atoms with Gasteiger partial charge < -0.3 is 4.74 Å². The number of aryl methyl sites for hydroxylation is 1. The van der Waals surface area contributed by atoms with Crippen LogP contribution in [0.3, 0.4) is 0 Å². The Morgan fingerprint density at radius 2 is 2.30 bits per heavy atom. The summed E-state index contributed by atoms with van der Waals surface area (Å²) in [6, 6.07) is 0.0554. The SMILES string of the molecule is CCn1ncc(OC)c1C(NN)C1CSC(C)C(C)S1. The van der Waals surface area contributed by atoms with Crippen molar-refractivity contribution in [2.24, 2.45) is 5.84 Å². The monoisotopic (exact) mass is 316 g/mol. The van der Waals surface area contributed by atoms with E-state index in [0.717, 1.165) is 23.7 Å². The van der Waals surface area contributed by atoms with E-state index in [1.54, 1.807) is 13.3 Å². The van der Waals surface area contributed by atoms with Crippen molar-refractivity contribution in [3.63, 3.8) is 0 Å². The van der Waals surface area contributed by atoms with Gasteiger partial charge >= 0.3 is 0 Å². The molecular formula is C13H24N4OS2. The molecule has 0 amide bonds. The number of hydrogen-bond acceptors (Lipinski definition) is 6. The number of nitrogens with zero attached hydrogens (tertiary/aromatic N) is 2. The first-order valence-corrected chi connectivity index (χ1v) is 8.94. The maximum atomic E-state index is 5.85. The Labute approximate surface area is 129 Å². The first-order chi connectivity index (χ1) is 9.62. The van der Waals surface area contributed by atoms with Crippen LogP contribution < -0.4 is 16.0 Å². The lowest BCUT2D eigenvalue weighted by molar-refractivity contribution is 0.391. The number of aromatic nitrogens is 2. The van der Waals surface area contributed by atoms with Crippen molar-refractivity contribution < 1.29 is 4.74 Å². The van der Waals surface area contributed by atoms with Gasteiger partial charge in [-0.2, -0.15) is 28.6 Å². The van der Waals surface area contributed by atoms with Gasteiger partial charge in [-0.1, -0.05) is 13.8 Å². The van der Waals surface area contributed by atoms with Crippen LogP contribution in [0, 0.1) is 0 Å². The fourth-order valence-electron chi connectivity index (χ4n) is 2.45.